The van der Waals surface area contributed by atoms with Crippen molar-refractivity contribution in [3.8, 4) is 6.07 Å². The van der Waals surface area contributed by atoms with Gasteiger partial charge in [0.25, 0.3) is 0 Å². The Hall–Kier alpha value is -2.16. The molecule has 0 radical (unpaired) electrons. The monoisotopic (exact) mass is 294 g/mol. The molecular weight excluding hydrogens is 278 g/mol. The van der Waals surface area contributed by atoms with E-state index in [4.69, 9.17) is 5.26 Å². The molecule has 112 valence electrons. The number of carboxylic acids is 1. The second kappa shape index (κ2) is 5.32. The fourth-order valence-electron chi connectivity index (χ4n) is 2.85. The van der Waals surface area contributed by atoms with Gasteiger partial charge in [0.1, 0.15) is 5.69 Å². The van der Waals surface area contributed by atoms with E-state index in [2.05, 4.69) is 0 Å². The number of hydrogen-bond donors (Lipinski definition) is 1. The molecule has 6 heteroatoms. The minimum Gasteiger partial charge on any atom is -0.481 e. The van der Waals surface area contributed by atoms with Crippen LogP contribution in [0, 0.1) is 34.3 Å². The van der Waals surface area contributed by atoms with Gasteiger partial charge >= 0.3 is 5.97 Å². The van der Waals surface area contributed by atoms with E-state index in [0.717, 1.165) is 12.1 Å². The molecule has 1 aliphatic rings. The summed E-state index contributed by atoms with van der Waals surface area (Å²) in [4.78, 5) is 13.0. The summed E-state index contributed by atoms with van der Waals surface area (Å²) in [5, 5.41) is 18.2. The van der Waals surface area contributed by atoms with Gasteiger partial charge in [-0.2, -0.15) is 5.26 Å². The maximum atomic E-state index is 14.0. The van der Waals surface area contributed by atoms with E-state index in [1.807, 2.05) is 0 Å². The molecule has 0 saturated carbocycles. The van der Waals surface area contributed by atoms with Crippen molar-refractivity contribution in [2.75, 3.05) is 18.0 Å². The third-order valence-corrected chi connectivity index (χ3v) is 4.29. The summed E-state index contributed by atoms with van der Waals surface area (Å²) in [5.74, 6) is -2.77. The average molecular weight is 294 g/mol. The Labute approximate surface area is 121 Å². The van der Waals surface area contributed by atoms with E-state index in [-0.39, 0.29) is 30.3 Å². The van der Waals surface area contributed by atoms with Crippen LogP contribution in [0.3, 0.4) is 0 Å². The maximum Gasteiger partial charge on any atom is 0.311 e. The van der Waals surface area contributed by atoms with Crippen LogP contribution in [-0.4, -0.2) is 24.2 Å². The molecule has 0 amide bonds. The highest BCUT2D eigenvalue weighted by Gasteiger charge is 2.48. The number of benzene rings is 1. The molecule has 1 N–H and O–H groups in total. The molecule has 0 aromatic heterocycles. The molecule has 1 atom stereocenters. The summed E-state index contributed by atoms with van der Waals surface area (Å²) >= 11 is 0. The minimum atomic E-state index is -1.01. The van der Waals surface area contributed by atoms with Gasteiger partial charge in [-0.25, -0.2) is 8.78 Å². The Morgan fingerprint density at radius 1 is 1.43 bits per heavy atom. The Kier molecular flexibility index (Phi) is 3.86. The Balaban J connectivity index is 2.39. The lowest BCUT2D eigenvalue weighted by Crippen LogP contribution is -2.39. The lowest BCUT2D eigenvalue weighted by atomic mass is 9.76. The molecule has 2 rings (SSSR count). The predicted octanol–water partition coefficient (Wildman–Crippen LogP) is 2.77. The van der Waals surface area contributed by atoms with Gasteiger partial charge in [-0.3, -0.25) is 4.79 Å². The first kappa shape index (κ1) is 15.2. The first-order valence-electron chi connectivity index (χ1n) is 6.69. The van der Waals surface area contributed by atoms with Crippen molar-refractivity contribution < 1.29 is 18.7 Å². The Morgan fingerprint density at radius 3 is 2.38 bits per heavy atom. The molecule has 0 spiro atoms. The van der Waals surface area contributed by atoms with Gasteiger partial charge in [0, 0.05) is 13.1 Å². The number of carboxylic acid groups (broad SMARTS) is 1. The number of rotatable bonds is 3. The van der Waals surface area contributed by atoms with Gasteiger partial charge in [-0.15, -0.1) is 0 Å². The zero-order chi connectivity index (χ0) is 15.8. The number of nitrogens with zero attached hydrogens (tertiary/aromatic N) is 2. The standard InChI is InChI=1S/C15H16F2N2O2/c1-9(2)15(14(20)21)3-4-19(8-15)13-11(16)5-10(7-18)6-12(13)17/h5-6,9H,3-4,8H2,1-2H3,(H,20,21). The number of carbonyl (C=O) groups is 1. The second-order valence-corrected chi connectivity index (χ2v) is 5.69. The van der Waals surface area contributed by atoms with Gasteiger partial charge in [0.15, 0.2) is 11.6 Å². The summed E-state index contributed by atoms with van der Waals surface area (Å²) < 4.78 is 28.0. The first-order chi connectivity index (χ1) is 9.81. The van der Waals surface area contributed by atoms with Gasteiger partial charge in [0.2, 0.25) is 0 Å². The van der Waals surface area contributed by atoms with Crippen LogP contribution >= 0.6 is 0 Å². The molecule has 0 aliphatic carbocycles. The number of halogens is 2. The molecular formula is C15H16F2N2O2. The first-order valence-corrected chi connectivity index (χ1v) is 6.69. The van der Waals surface area contributed by atoms with Crippen LogP contribution in [0.25, 0.3) is 0 Å². The van der Waals surface area contributed by atoms with Crippen LogP contribution in [0.2, 0.25) is 0 Å². The molecule has 1 unspecified atom stereocenters. The molecule has 1 heterocycles. The normalized spacial score (nSPS) is 21.6. The van der Waals surface area contributed by atoms with E-state index in [1.165, 1.54) is 4.90 Å². The van der Waals surface area contributed by atoms with Crippen molar-refractivity contribution in [1.82, 2.24) is 0 Å². The zero-order valence-electron chi connectivity index (χ0n) is 11.9. The highest BCUT2D eigenvalue weighted by Crippen LogP contribution is 2.41. The van der Waals surface area contributed by atoms with Crippen LogP contribution in [-0.2, 0) is 4.79 Å². The summed E-state index contributed by atoms with van der Waals surface area (Å²) in [7, 11) is 0. The van der Waals surface area contributed by atoms with Crippen LogP contribution in [0.15, 0.2) is 12.1 Å². The average Bonchev–Trinajstić information content (AvgIpc) is 2.84. The zero-order valence-corrected chi connectivity index (χ0v) is 11.9. The molecule has 1 aromatic carbocycles. The lowest BCUT2D eigenvalue weighted by Gasteiger charge is -2.29. The Morgan fingerprint density at radius 2 is 2.00 bits per heavy atom. The van der Waals surface area contributed by atoms with Crippen LogP contribution < -0.4 is 4.90 Å². The van der Waals surface area contributed by atoms with Crippen LogP contribution in [0.5, 0.6) is 0 Å². The highest BCUT2D eigenvalue weighted by atomic mass is 19.1. The van der Waals surface area contributed by atoms with Crippen molar-refractivity contribution in [3.05, 3.63) is 29.3 Å². The highest BCUT2D eigenvalue weighted by molar-refractivity contribution is 5.77. The number of anilines is 1. The SMILES string of the molecule is CC(C)C1(C(=O)O)CCN(c2c(F)cc(C#N)cc2F)C1. The fraction of sp³-hybridized carbons (Fsp3) is 0.467. The molecule has 1 aliphatic heterocycles. The fourth-order valence-corrected chi connectivity index (χ4v) is 2.85. The number of nitriles is 1. The molecule has 1 aromatic rings. The smallest absolute Gasteiger partial charge is 0.311 e. The minimum absolute atomic E-state index is 0.0553. The van der Waals surface area contributed by atoms with E-state index in [9.17, 15) is 18.7 Å². The number of aliphatic carboxylic acids is 1. The third-order valence-electron chi connectivity index (χ3n) is 4.29. The predicted molar refractivity (Wildman–Crippen MR) is 72.8 cm³/mol. The van der Waals surface area contributed by atoms with E-state index >= 15 is 0 Å². The van der Waals surface area contributed by atoms with Crippen molar-refractivity contribution in [1.29, 1.82) is 5.26 Å². The summed E-state index contributed by atoms with van der Waals surface area (Å²) in [5.41, 5.74) is -1.36. The molecule has 4 nitrogen and oxygen atoms in total. The second-order valence-electron chi connectivity index (χ2n) is 5.69. The van der Waals surface area contributed by atoms with Gasteiger partial charge in [0.05, 0.1) is 17.0 Å². The third kappa shape index (κ3) is 2.44. The maximum absolute atomic E-state index is 14.0. The van der Waals surface area contributed by atoms with Gasteiger partial charge in [-0.05, 0) is 24.5 Å². The number of hydrogen-bond acceptors (Lipinski definition) is 3. The van der Waals surface area contributed by atoms with Crippen LogP contribution in [0.1, 0.15) is 25.8 Å². The quantitative estimate of drug-likeness (QED) is 0.931. The van der Waals surface area contributed by atoms with Gasteiger partial charge < -0.3 is 10.0 Å². The van der Waals surface area contributed by atoms with E-state index in [0.29, 0.717) is 6.42 Å². The molecule has 21 heavy (non-hydrogen) atoms. The summed E-state index contributed by atoms with van der Waals surface area (Å²) in [6.07, 6.45) is 0.332. The largest absolute Gasteiger partial charge is 0.481 e. The van der Waals surface area contributed by atoms with Crippen molar-refractivity contribution in [2.24, 2.45) is 11.3 Å². The summed E-state index contributed by atoms with van der Waals surface area (Å²) in [6, 6.07) is 3.62. The van der Waals surface area contributed by atoms with Gasteiger partial charge in [-0.1, -0.05) is 13.8 Å². The molecule has 1 fully saturated rings. The van der Waals surface area contributed by atoms with Crippen molar-refractivity contribution in [3.63, 3.8) is 0 Å². The topological polar surface area (TPSA) is 64.3 Å². The summed E-state index contributed by atoms with van der Waals surface area (Å²) in [6.45, 7) is 3.91. The molecule has 0 bridgehead atoms. The lowest BCUT2D eigenvalue weighted by molar-refractivity contribution is -0.150. The Bertz CT molecular complexity index is 602. The van der Waals surface area contributed by atoms with E-state index in [1.54, 1.807) is 19.9 Å². The van der Waals surface area contributed by atoms with Crippen LogP contribution in [0.4, 0.5) is 14.5 Å². The molecule has 1 saturated heterocycles. The van der Waals surface area contributed by atoms with E-state index < -0.39 is 23.0 Å². The van der Waals surface area contributed by atoms with Crippen molar-refractivity contribution in [2.45, 2.75) is 20.3 Å². The van der Waals surface area contributed by atoms with Crippen molar-refractivity contribution >= 4 is 11.7 Å².